The number of hydrogen-bond donors (Lipinski definition) is 0. The van der Waals surface area contributed by atoms with Crippen LogP contribution in [-0.2, 0) is 6.42 Å². The molecule has 1 aromatic heterocycles. The number of halogens is 3. The predicted octanol–water partition coefficient (Wildman–Crippen LogP) is 4.55. The van der Waals surface area contributed by atoms with E-state index in [1.807, 2.05) is 12.1 Å². The van der Waals surface area contributed by atoms with Crippen molar-refractivity contribution in [2.24, 2.45) is 0 Å². The lowest BCUT2D eigenvalue weighted by molar-refractivity contribution is 0.627. The van der Waals surface area contributed by atoms with Crippen molar-refractivity contribution < 1.29 is 4.39 Å². The van der Waals surface area contributed by atoms with Gasteiger partial charge in [-0.05, 0) is 41.8 Å². The Bertz CT molecular complexity index is 504. The smallest absolute Gasteiger partial charge is 0.141 e. The molecule has 0 bridgehead atoms. The van der Waals surface area contributed by atoms with Gasteiger partial charge in [0.1, 0.15) is 5.82 Å². The van der Waals surface area contributed by atoms with E-state index in [0.717, 1.165) is 12.0 Å². The number of alkyl halides is 1. The maximum Gasteiger partial charge on any atom is 0.141 e. The molecule has 0 amide bonds. The number of nitrogens with zero attached hydrogens (tertiary/aromatic N) is 1. The fourth-order valence-corrected chi connectivity index (χ4v) is 2.40. The molecule has 0 N–H and O–H groups in total. The topological polar surface area (TPSA) is 12.9 Å². The lowest BCUT2D eigenvalue weighted by Gasteiger charge is -2.10. The first-order chi connectivity index (χ1) is 8.16. The van der Waals surface area contributed by atoms with Crippen LogP contribution in [0, 0.1) is 5.82 Å². The largest absolute Gasteiger partial charge is 0.265 e. The van der Waals surface area contributed by atoms with Crippen LogP contribution in [-0.4, -0.2) is 4.98 Å². The molecule has 0 fully saturated rings. The average molecular weight is 315 g/mol. The first-order valence-corrected chi connectivity index (χ1v) is 6.44. The maximum atomic E-state index is 13.0. The van der Waals surface area contributed by atoms with Crippen LogP contribution in [0.4, 0.5) is 4.39 Å². The number of pyridine rings is 1. The summed E-state index contributed by atoms with van der Waals surface area (Å²) in [6.45, 7) is 0. The number of benzene rings is 1. The molecule has 0 saturated heterocycles. The van der Waals surface area contributed by atoms with Crippen LogP contribution >= 0.6 is 27.5 Å². The fraction of sp³-hybridized carbons (Fsp3) is 0.154. The van der Waals surface area contributed by atoms with Gasteiger partial charge in [0, 0.05) is 17.2 Å². The number of hydrogen-bond acceptors (Lipinski definition) is 1. The van der Waals surface area contributed by atoms with E-state index in [0.29, 0.717) is 0 Å². The van der Waals surface area contributed by atoms with E-state index >= 15 is 0 Å². The second-order valence-corrected chi connectivity index (χ2v) is 5.21. The van der Waals surface area contributed by atoms with Gasteiger partial charge in [0.15, 0.2) is 0 Å². The molecule has 0 spiro atoms. The number of aromatic nitrogens is 1. The van der Waals surface area contributed by atoms with Crippen LogP contribution < -0.4 is 0 Å². The van der Waals surface area contributed by atoms with Crippen molar-refractivity contribution in [3.05, 3.63) is 64.7 Å². The Morgan fingerprint density at radius 3 is 2.59 bits per heavy atom. The minimum absolute atomic E-state index is 0.114. The highest BCUT2D eigenvalue weighted by molar-refractivity contribution is 9.09. The van der Waals surface area contributed by atoms with E-state index in [1.54, 1.807) is 24.5 Å². The molecule has 1 unspecified atom stereocenters. The van der Waals surface area contributed by atoms with Crippen LogP contribution in [0.15, 0.2) is 42.7 Å². The van der Waals surface area contributed by atoms with Gasteiger partial charge in [0.2, 0.25) is 0 Å². The molecule has 1 atom stereocenters. The Kier molecular flexibility index (Phi) is 4.13. The summed E-state index contributed by atoms with van der Waals surface area (Å²) in [5, 5.41) is 0.154. The van der Waals surface area contributed by atoms with Crippen LogP contribution in [0.25, 0.3) is 0 Å². The summed E-state index contributed by atoms with van der Waals surface area (Å²) in [5.41, 5.74) is 2.13. The first kappa shape index (κ1) is 12.5. The summed E-state index contributed by atoms with van der Waals surface area (Å²) in [7, 11) is 0. The van der Waals surface area contributed by atoms with Gasteiger partial charge < -0.3 is 0 Å². The highest BCUT2D eigenvalue weighted by atomic mass is 79.9. The Morgan fingerprint density at radius 1 is 1.24 bits per heavy atom. The monoisotopic (exact) mass is 313 g/mol. The average Bonchev–Trinajstić information content (AvgIpc) is 2.34. The van der Waals surface area contributed by atoms with Gasteiger partial charge in [0.25, 0.3) is 0 Å². The third-order valence-electron chi connectivity index (χ3n) is 2.47. The van der Waals surface area contributed by atoms with Crippen LogP contribution in [0.2, 0.25) is 5.02 Å². The van der Waals surface area contributed by atoms with E-state index in [-0.39, 0.29) is 15.7 Å². The number of rotatable bonds is 3. The molecule has 1 nitrogen and oxygen atoms in total. The standard InChI is InChI=1S/C13H10BrClFN/c14-11(7-9-3-5-17-6-4-9)10-1-2-13(16)12(15)8-10/h1-6,8,11H,7H2. The van der Waals surface area contributed by atoms with E-state index in [4.69, 9.17) is 11.6 Å². The van der Waals surface area contributed by atoms with Crippen molar-refractivity contribution in [3.63, 3.8) is 0 Å². The molecule has 2 aromatic rings. The fourth-order valence-electron chi connectivity index (χ4n) is 1.55. The quantitative estimate of drug-likeness (QED) is 0.757. The second kappa shape index (κ2) is 5.61. The molecule has 1 heterocycles. The summed E-state index contributed by atoms with van der Waals surface area (Å²) >= 11 is 9.33. The third kappa shape index (κ3) is 3.27. The molecule has 4 heteroatoms. The summed E-state index contributed by atoms with van der Waals surface area (Å²) in [4.78, 5) is 4.08. The van der Waals surface area contributed by atoms with E-state index in [2.05, 4.69) is 20.9 Å². The zero-order valence-electron chi connectivity index (χ0n) is 8.91. The van der Waals surface area contributed by atoms with Gasteiger partial charge in [-0.15, -0.1) is 0 Å². The van der Waals surface area contributed by atoms with Crippen molar-refractivity contribution in [1.82, 2.24) is 4.98 Å². The lowest BCUT2D eigenvalue weighted by Crippen LogP contribution is -1.96. The van der Waals surface area contributed by atoms with Gasteiger partial charge >= 0.3 is 0 Å². The molecule has 0 aliphatic carbocycles. The van der Waals surface area contributed by atoms with E-state index in [1.165, 1.54) is 11.6 Å². The van der Waals surface area contributed by atoms with Gasteiger partial charge in [-0.3, -0.25) is 4.98 Å². The van der Waals surface area contributed by atoms with Crippen molar-refractivity contribution in [2.75, 3.05) is 0 Å². The van der Waals surface area contributed by atoms with E-state index in [9.17, 15) is 4.39 Å². The maximum absolute atomic E-state index is 13.0. The minimum atomic E-state index is -0.390. The molecule has 88 valence electrons. The zero-order valence-corrected chi connectivity index (χ0v) is 11.2. The predicted molar refractivity (Wildman–Crippen MR) is 71.0 cm³/mol. The van der Waals surface area contributed by atoms with Crippen molar-refractivity contribution in [3.8, 4) is 0 Å². The molecule has 0 radical (unpaired) electrons. The summed E-state index contributed by atoms with van der Waals surface area (Å²) in [5.74, 6) is -0.390. The molecule has 2 rings (SSSR count). The summed E-state index contributed by atoms with van der Waals surface area (Å²) in [6.07, 6.45) is 4.32. The first-order valence-electron chi connectivity index (χ1n) is 5.15. The molecular weight excluding hydrogens is 305 g/mol. The van der Waals surface area contributed by atoms with Crippen LogP contribution in [0.5, 0.6) is 0 Å². The van der Waals surface area contributed by atoms with Gasteiger partial charge in [0.05, 0.1) is 5.02 Å². The van der Waals surface area contributed by atoms with E-state index < -0.39 is 0 Å². The normalized spacial score (nSPS) is 12.4. The third-order valence-corrected chi connectivity index (χ3v) is 3.61. The SMILES string of the molecule is Fc1ccc(C(Br)Cc2ccncc2)cc1Cl. The summed E-state index contributed by atoms with van der Waals surface area (Å²) in [6, 6.07) is 8.69. The van der Waals surface area contributed by atoms with Crippen molar-refractivity contribution in [1.29, 1.82) is 0 Å². The van der Waals surface area contributed by atoms with Gasteiger partial charge in [-0.1, -0.05) is 33.6 Å². The summed E-state index contributed by atoms with van der Waals surface area (Å²) < 4.78 is 13.0. The zero-order chi connectivity index (χ0) is 12.3. The lowest BCUT2D eigenvalue weighted by atomic mass is 10.1. The molecule has 0 aliphatic heterocycles. The molecular formula is C13H10BrClFN. The molecule has 0 saturated carbocycles. The molecule has 17 heavy (non-hydrogen) atoms. The Hall–Kier alpha value is -0.930. The highest BCUT2D eigenvalue weighted by Gasteiger charge is 2.10. The Labute approximate surface area is 113 Å². The van der Waals surface area contributed by atoms with Gasteiger partial charge in [-0.25, -0.2) is 4.39 Å². The molecule has 1 aromatic carbocycles. The Balaban J connectivity index is 2.14. The van der Waals surface area contributed by atoms with Crippen LogP contribution in [0.3, 0.4) is 0 Å². The molecule has 0 aliphatic rings. The van der Waals surface area contributed by atoms with Crippen molar-refractivity contribution in [2.45, 2.75) is 11.2 Å². The second-order valence-electron chi connectivity index (χ2n) is 3.70. The van der Waals surface area contributed by atoms with Crippen molar-refractivity contribution >= 4 is 27.5 Å². The van der Waals surface area contributed by atoms with Gasteiger partial charge in [-0.2, -0.15) is 0 Å². The van der Waals surface area contributed by atoms with Crippen LogP contribution in [0.1, 0.15) is 16.0 Å². The Morgan fingerprint density at radius 2 is 1.94 bits per heavy atom. The highest BCUT2D eigenvalue weighted by Crippen LogP contribution is 2.29. The minimum Gasteiger partial charge on any atom is -0.265 e.